The molecule has 8 rings (SSSR count). The van der Waals surface area contributed by atoms with Gasteiger partial charge in [0.2, 0.25) is 0 Å². The number of nitriles is 2. The van der Waals surface area contributed by atoms with Crippen molar-refractivity contribution in [3.63, 3.8) is 0 Å². The van der Waals surface area contributed by atoms with Crippen molar-refractivity contribution in [1.82, 2.24) is 19.8 Å². The Kier molecular flexibility index (Phi) is 16.2. The van der Waals surface area contributed by atoms with E-state index >= 15 is 0 Å². The van der Waals surface area contributed by atoms with E-state index in [0.29, 0.717) is 56.4 Å². The summed E-state index contributed by atoms with van der Waals surface area (Å²) in [6.45, 7) is 5.03. The second-order valence-corrected chi connectivity index (χ2v) is 18.7. The number of pyridine rings is 2. The van der Waals surface area contributed by atoms with E-state index in [2.05, 4.69) is 22.1 Å². The van der Waals surface area contributed by atoms with Crippen molar-refractivity contribution < 1.29 is 49.0 Å². The van der Waals surface area contributed by atoms with Crippen LogP contribution < -0.4 is 18.9 Å². The molecule has 2 aromatic heterocycles. The Morgan fingerprint density at radius 3 is 1.39 bits per heavy atom. The van der Waals surface area contributed by atoms with Gasteiger partial charge in [0.1, 0.15) is 73.6 Å². The van der Waals surface area contributed by atoms with E-state index in [1.165, 1.54) is 12.4 Å². The number of aliphatic carboxylic acids is 2. The predicted octanol–water partition coefficient (Wildman–Crippen LogP) is 8.17. The zero-order valence-corrected chi connectivity index (χ0v) is 40.8. The van der Waals surface area contributed by atoms with Gasteiger partial charge in [-0.1, -0.05) is 59.6 Å². The van der Waals surface area contributed by atoms with Crippen molar-refractivity contribution >= 4 is 35.1 Å². The van der Waals surface area contributed by atoms with Crippen LogP contribution in [0.1, 0.15) is 68.5 Å². The predicted molar refractivity (Wildman–Crippen MR) is 264 cm³/mol. The van der Waals surface area contributed by atoms with Crippen molar-refractivity contribution in [3.8, 4) is 46.3 Å². The molecule has 0 saturated carbocycles. The standard InChI is InChI=1S/C54H50Cl2N6O10/c1-31-37(29-71-51-15-49(69-27-35-9-33(17-57)19-59-21-35)39(11-45(51)55)23-61-25-41(63)13-47(61)53(65)66)5-3-7-43(31)44-8-4-6-38(32(44)2)30-72-52-16-50(70-28-36-10-34(18-58)20-60-22-36)40(12-46(52)56)24-62-26-42(64)14-48(62)54(67)68/h3-12,15-16,19-22,41-42,47-48,63-64H,13-14,23-30H2,1-2H3,(H,65,66)(H,67,68)/t41-,42-,47-,48-/m0/s1. The quantitative estimate of drug-likeness (QED) is 0.0599. The molecule has 2 fully saturated rings. The number of ether oxygens (including phenoxy) is 4. The van der Waals surface area contributed by atoms with Crippen LogP contribution in [-0.4, -0.2) is 89.5 Å². The summed E-state index contributed by atoms with van der Waals surface area (Å²) in [6.07, 6.45) is 4.70. The summed E-state index contributed by atoms with van der Waals surface area (Å²) in [5, 5.41) is 59.8. The van der Waals surface area contributed by atoms with Gasteiger partial charge in [-0.15, -0.1) is 0 Å². The number of aliphatic hydroxyl groups excluding tert-OH is 2. The molecule has 16 nitrogen and oxygen atoms in total. The number of nitrogens with zero attached hydrogens (tertiary/aromatic N) is 6. The summed E-state index contributed by atoms with van der Waals surface area (Å²) in [4.78, 5) is 35.7. The molecule has 4 heterocycles. The Balaban J connectivity index is 1.01. The number of carbonyl (C=O) groups is 2. The fourth-order valence-electron chi connectivity index (χ4n) is 9.10. The maximum atomic E-state index is 12.1. The maximum Gasteiger partial charge on any atom is 0.321 e. The van der Waals surface area contributed by atoms with Gasteiger partial charge in [-0.05, 0) is 71.5 Å². The zero-order chi connectivity index (χ0) is 51.1. The van der Waals surface area contributed by atoms with Crippen LogP contribution in [0.3, 0.4) is 0 Å². The molecule has 0 radical (unpaired) electrons. The smallest absolute Gasteiger partial charge is 0.321 e. The van der Waals surface area contributed by atoms with E-state index in [0.717, 1.165) is 33.4 Å². The van der Waals surface area contributed by atoms with Crippen LogP contribution >= 0.6 is 23.2 Å². The van der Waals surface area contributed by atoms with Gasteiger partial charge in [0.15, 0.2) is 0 Å². The van der Waals surface area contributed by atoms with E-state index < -0.39 is 36.2 Å². The lowest BCUT2D eigenvalue weighted by molar-refractivity contribution is -0.143. The summed E-state index contributed by atoms with van der Waals surface area (Å²) in [5.74, 6) is -0.625. The minimum atomic E-state index is -1.04. The van der Waals surface area contributed by atoms with Crippen LogP contribution in [0.2, 0.25) is 10.0 Å². The minimum absolute atomic E-state index is 0.0568. The number of likely N-dealkylation sites (tertiary alicyclic amines) is 2. The van der Waals surface area contributed by atoms with Gasteiger partial charge in [0, 0.05) is 98.2 Å². The number of hydrogen-bond donors (Lipinski definition) is 4. The van der Waals surface area contributed by atoms with Crippen LogP contribution in [0.25, 0.3) is 11.1 Å². The van der Waals surface area contributed by atoms with E-state index in [1.54, 1.807) is 58.6 Å². The Morgan fingerprint density at radius 2 is 1.00 bits per heavy atom. The minimum Gasteiger partial charge on any atom is -0.488 e. The molecule has 0 spiro atoms. The Hall–Kier alpha value is -7.28. The normalized spacial score (nSPS) is 17.8. The summed E-state index contributed by atoms with van der Waals surface area (Å²) < 4.78 is 25.3. The molecular weight excluding hydrogens is 964 g/mol. The number of halogens is 2. The van der Waals surface area contributed by atoms with Crippen molar-refractivity contribution in [1.29, 1.82) is 10.5 Å². The van der Waals surface area contributed by atoms with Gasteiger partial charge in [0.25, 0.3) is 0 Å². The van der Waals surface area contributed by atoms with Crippen molar-refractivity contribution in [2.45, 2.75) is 90.5 Å². The number of carboxylic acids is 2. The van der Waals surface area contributed by atoms with E-state index in [4.69, 9.17) is 42.1 Å². The molecule has 4 atom stereocenters. The monoisotopic (exact) mass is 1010 g/mol. The van der Waals surface area contributed by atoms with Crippen LogP contribution in [0.4, 0.5) is 0 Å². The van der Waals surface area contributed by atoms with E-state index in [-0.39, 0.29) is 75.5 Å². The first-order valence-electron chi connectivity index (χ1n) is 23.0. The number of benzene rings is 4. The van der Waals surface area contributed by atoms with Gasteiger partial charge >= 0.3 is 11.9 Å². The largest absolute Gasteiger partial charge is 0.488 e. The molecule has 4 N–H and O–H groups in total. The second kappa shape index (κ2) is 22.9. The number of rotatable bonds is 19. The first-order chi connectivity index (χ1) is 34.7. The molecule has 2 aliphatic rings. The van der Waals surface area contributed by atoms with Gasteiger partial charge in [-0.2, -0.15) is 10.5 Å². The van der Waals surface area contributed by atoms with Crippen molar-refractivity contribution in [3.05, 3.63) is 163 Å². The molecule has 4 aromatic carbocycles. The van der Waals surface area contributed by atoms with Crippen molar-refractivity contribution in [2.24, 2.45) is 0 Å². The highest BCUT2D eigenvalue weighted by Gasteiger charge is 2.38. The molecule has 0 aliphatic carbocycles. The van der Waals surface area contributed by atoms with Crippen LogP contribution in [0.15, 0.2) is 97.6 Å². The fraction of sp³-hybridized carbons (Fsp3) is 0.296. The first kappa shape index (κ1) is 51.1. The summed E-state index contributed by atoms with van der Waals surface area (Å²) in [6, 6.07) is 24.3. The molecule has 18 heteroatoms. The number of hydrogen-bond acceptors (Lipinski definition) is 14. The SMILES string of the molecule is Cc1c(COc2cc(OCc3cncc(C#N)c3)c(CN3C[C@@H](O)C[C@H]3C(=O)O)cc2Cl)cccc1-c1cccc(COc2cc(OCc3cncc(C#N)c3)c(CN3C[C@@H](O)C[C@H]3C(=O)O)cc2Cl)c1C. The Morgan fingerprint density at radius 1 is 0.597 bits per heavy atom. The summed E-state index contributed by atoms with van der Waals surface area (Å²) in [7, 11) is 0. The highest BCUT2D eigenvalue weighted by molar-refractivity contribution is 6.32. The number of aliphatic hydroxyl groups is 2. The first-order valence-corrected chi connectivity index (χ1v) is 23.7. The third kappa shape index (κ3) is 12.1. The second-order valence-electron chi connectivity index (χ2n) is 17.8. The third-order valence-electron chi connectivity index (χ3n) is 12.9. The highest BCUT2D eigenvalue weighted by atomic mass is 35.5. The van der Waals surface area contributed by atoms with Gasteiger partial charge in [-0.25, -0.2) is 0 Å². The molecule has 2 aliphatic heterocycles. The van der Waals surface area contributed by atoms with Crippen LogP contribution in [0, 0.1) is 36.5 Å². The van der Waals surface area contributed by atoms with Crippen LogP contribution in [-0.2, 0) is 49.1 Å². The van der Waals surface area contributed by atoms with Gasteiger partial charge < -0.3 is 39.4 Å². The molecular formula is C54H50Cl2N6O10. The molecule has 0 amide bonds. The van der Waals surface area contributed by atoms with Crippen molar-refractivity contribution in [2.75, 3.05) is 13.1 Å². The zero-order valence-electron chi connectivity index (χ0n) is 39.3. The molecule has 72 heavy (non-hydrogen) atoms. The van der Waals surface area contributed by atoms with E-state index in [9.17, 15) is 40.5 Å². The van der Waals surface area contributed by atoms with Gasteiger partial charge in [-0.3, -0.25) is 29.4 Å². The number of carboxylic acid groups (broad SMARTS) is 2. The molecule has 6 aromatic rings. The average Bonchev–Trinajstić information content (AvgIpc) is 3.94. The Bertz CT molecular complexity index is 2880. The van der Waals surface area contributed by atoms with Gasteiger partial charge in [0.05, 0.1) is 33.4 Å². The number of aromatic nitrogens is 2. The summed E-state index contributed by atoms with van der Waals surface area (Å²) >= 11 is 13.7. The average molecular weight is 1010 g/mol. The lowest BCUT2D eigenvalue weighted by Crippen LogP contribution is -2.35. The third-order valence-corrected chi connectivity index (χ3v) is 13.5. The lowest BCUT2D eigenvalue weighted by atomic mass is 9.92. The molecule has 0 bridgehead atoms. The molecule has 370 valence electrons. The fourth-order valence-corrected chi connectivity index (χ4v) is 9.58. The molecule has 0 unspecified atom stereocenters. The Labute approximate surface area is 425 Å². The van der Waals surface area contributed by atoms with E-state index in [1.807, 2.05) is 50.2 Å². The molecule has 2 saturated heterocycles. The maximum absolute atomic E-state index is 12.1. The topological polar surface area (TPSA) is 232 Å². The summed E-state index contributed by atoms with van der Waals surface area (Å²) in [5.41, 5.74) is 8.87. The highest BCUT2D eigenvalue weighted by Crippen LogP contribution is 2.39. The number of β-amino-alcohol motifs (C(OH)–C–C–N with tert-alkyl or cyclic N) is 2. The van der Waals surface area contributed by atoms with Crippen LogP contribution in [0.5, 0.6) is 23.0 Å². The lowest BCUT2D eigenvalue weighted by Gasteiger charge is -2.23.